The zero-order chi connectivity index (χ0) is 27.8. The molecule has 0 heterocycles. The number of unbranched alkanes of at least 4 members (excludes halogenated alkanes) is 13. The molecule has 0 N–H and O–H groups in total. The van der Waals surface area contributed by atoms with Crippen molar-refractivity contribution in [3.8, 4) is 0 Å². The summed E-state index contributed by atoms with van der Waals surface area (Å²) >= 11 is 0. The van der Waals surface area contributed by atoms with Crippen molar-refractivity contribution in [2.75, 3.05) is 48.1 Å². The zero-order valence-electron chi connectivity index (χ0n) is 25.4. The summed E-state index contributed by atoms with van der Waals surface area (Å²) in [6.45, 7) is 5.27. The van der Waals surface area contributed by atoms with Gasteiger partial charge in [0, 0.05) is 20.1 Å². The summed E-state index contributed by atoms with van der Waals surface area (Å²) in [5.41, 5.74) is 0. The summed E-state index contributed by atoms with van der Waals surface area (Å²) in [4.78, 5) is 12.7. The quantitative estimate of drug-likeness (QED) is 0.0453. The topological polar surface area (TPSA) is 67.8 Å². The molecule has 222 valence electrons. The summed E-state index contributed by atoms with van der Waals surface area (Å²) in [5, 5.41) is 0. The number of ether oxygens (including phenoxy) is 2. The van der Waals surface area contributed by atoms with Gasteiger partial charge in [-0.05, 0) is 38.5 Å². The fraction of sp³-hybridized carbons (Fsp3) is 0.933. The van der Waals surface area contributed by atoms with Crippen molar-refractivity contribution in [2.45, 2.75) is 135 Å². The number of quaternary nitrogens is 1. The SMILES string of the molecule is CCCCCCCCCCCC/C=C\CCCCCOC[C@H](COP(=O)([O-])C(CCC)[N+](C)(C)C)OC. The standard InChI is InChI=1S/C30H62NO5P/c1-7-9-10-11-12-13-14-15-16-17-18-19-20-21-22-23-24-26-35-27-29(34-6)28-36-37(32,33)30(25-8-2)31(3,4)5/h19-20,29-30H,7-18,21-28H2,1-6H3/b20-19-/t29-,30?/m1/s1. The summed E-state index contributed by atoms with van der Waals surface area (Å²) in [6, 6.07) is 0. The molecule has 0 bridgehead atoms. The van der Waals surface area contributed by atoms with E-state index in [-0.39, 0.29) is 12.7 Å². The van der Waals surface area contributed by atoms with Crippen LogP contribution in [0.5, 0.6) is 0 Å². The van der Waals surface area contributed by atoms with Gasteiger partial charge in [-0.2, -0.15) is 0 Å². The molecule has 0 aromatic carbocycles. The Labute approximate surface area is 230 Å². The fourth-order valence-corrected chi connectivity index (χ4v) is 6.50. The maximum Gasteiger partial charge on any atom is 0.193 e. The lowest BCUT2D eigenvalue weighted by molar-refractivity contribution is -0.884. The Morgan fingerprint density at radius 2 is 1.27 bits per heavy atom. The van der Waals surface area contributed by atoms with Crippen molar-refractivity contribution < 1.29 is 27.9 Å². The van der Waals surface area contributed by atoms with Crippen LogP contribution in [0.3, 0.4) is 0 Å². The van der Waals surface area contributed by atoms with E-state index >= 15 is 0 Å². The van der Waals surface area contributed by atoms with Gasteiger partial charge in [0.2, 0.25) is 0 Å². The van der Waals surface area contributed by atoms with Gasteiger partial charge >= 0.3 is 0 Å². The van der Waals surface area contributed by atoms with Gasteiger partial charge in [-0.15, -0.1) is 0 Å². The third kappa shape index (κ3) is 21.3. The van der Waals surface area contributed by atoms with Crippen LogP contribution >= 0.6 is 7.60 Å². The first-order chi connectivity index (χ1) is 17.7. The average molecular weight is 548 g/mol. The summed E-state index contributed by atoms with van der Waals surface area (Å²) in [6.07, 6.45) is 25.2. The second kappa shape index (κ2) is 23.6. The van der Waals surface area contributed by atoms with E-state index < -0.39 is 13.4 Å². The summed E-state index contributed by atoms with van der Waals surface area (Å²) in [7, 11) is 3.23. The Bertz CT molecular complexity index is 579. The molecular weight excluding hydrogens is 485 g/mol. The van der Waals surface area contributed by atoms with E-state index in [2.05, 4.69) is 19.1 Å². The smallest absolute Gasteiger partial charge is 0.193 e. The molecule has 0 fully saturated rings. The Morgan fingerprint density at radius 1 is 0.757 bits per heavy atom. The predicted octanol–water partition coefficient (Wildman–Crippen LogP) is 7.85. The van der Waals surface area contributed by atoms with E-state index in [0.717, 1.165) is 25.7 Å². The molecule has 37 heavy (non-hydrogen) atoms. The van der Waals surface area contributed by atoms with Crippen LogP contribution in [0.4, 0.5) is 0 Å². The summed E-state index contributed by atoms with van der Waals surface area (Å²) in [5.74, 6) is -0.556. The first-order valence-corrected chi connectivity index (χ1v) is 16.8. The van der Waals surface area contributed by atoms with Crippen LogP contribution in [0.15, 0.2) is 12.2 Å². The molecule has 3 atom stereocenters. The van der Waals surface area contributed by atoms with Crippen molar-refractivity contribution in [3.63, 3.8) is 0 Å². The Morgan fingerprint density at radius 3 is 1.76 bits per heavy atom. The van der Waals surface area contributed by atoms with Crippen LogP contribution in [0.25, 0.3) is 0 Å². The maximum absolute atomic E-state index is 12.7. The largest absolute Gasteiger partial charge is 0.774 e. The van der Waals surface area contributed by atoms with E-state index in [4.69, 9.17) is 14.0 Å². The second-order valence-corrected chi connectivity index (χ2v) is 13.4. The third-order valence-corrected chi connectivity index (χ3v) is 9.12. The van der Waals surface area contributed by atoms with Gasteiger partial charge in [0.05, 0.1) is 34.4 Å². The molecule has 7 heteroatoms. The number of allylic oxidation sites excluding steroid dienone is 2. The molecular formula is C30H62NO5P. The number of rotatable bonds is 27. The Kier molecular flexibility index (Phi) is 23.5. The van der Waals surface area contributed by atoms with Crippen LogP contribution < -0.4 is 4.89 Å². The molecule has 0 aromatic heterocycles. The molecule has 0 saturated heterocycles. The normalized spacial score (nSPS) is 15.8. The summed E-state index contributed by atoms with van der Waals surface area (Å²) < 4.78 is 29.6. The van der Waals surface area contributed by atoms with Crippen molar-refractivity contribution >= 4 is 7.60 Å². The van der Waals surface area contributed by atoms with Gasteiger partial charge in [0.1, 0.15) is 6.10 Å². The van der Waals surface area contributed by atoms with Gasteiger partial charge < -0.3 is 27.9 Å². The average Bonchev–Trinajstić information content (AvgIpc) is 2.84. The van der Waals surface area contributed by atoms with Crippen LogP contribution in [-0.4, -0.2) is 64.4 Å². The van der Waals surface area contributed by atoms with E-state index in [1.807, 2.05) is 28.1 Å². The van der Waals surface area contributed by atoms with E-state index in [0.29, 0.717) is 24.1 Å². The minimum absolute atomic E-state index is 0.00132. The zero-order valence-corrected chi connectivity index (χ0v) is 26.3. The molecule has 0 amide bonds. The van der Waals surface area contributed by atoms with Crippen LogP contribution in [0.1, 0.15) is 123 Å². The molecule has 0 radical (unpaired) electrons. The molecule has 0 spiro atoms. The van der Waals surface area contributed by atoms with E-state index in [9.17, 15) is 9.46 Å². The third-order valence-electron chi connectivity index (χ3n) is 6.93. The first kappa shape index (κ1) is 36.8. The highest BCUT2D eigenvalue weighted by Crippen LogP contribution is 2.48. The van der Waals surface area contributed by atoms with Gasteiger partial charge in [-0.1, -0.05) is 90.2 Å². The molecule has 0 saturated carbocycles. The number of nitrogens with zero attached hydrogens (tertiary/aromatic N) is 1. The Balaban J connectivity index is 3.74. The minimum Gasteiger partial charge on any atom is -0.774 e. The van der Waals surface area contributed by atoms with Crippen LogP contribution in [-0.2, 0) is 18.6 Å². The number of hydrogen-bond donors (Lipinski definition) is 0. The van der Waals surface area contributed by atoms with Crippen molar-refractivity contribution in [1.82, 2.24) is 0 Å². The van der Waals surface area contributed by atoms with E-state index in [1.165, 1.54) is 77.0 Å². The molecule has 0 aliphatic rings. The molecule has 2 unspecified atom stereocenters. The van der Waals surface area contributed by atoms with E-state index in [1.54, 1.807) is 7.11 Å². The molecule has 0 aliphatic heterocycles. The lowest BCUT2D eigenvalue weighted by atomic mass is 10.1. The Hall–Kier alpha value is -0.230. The highest BCUT2D eigenvalue weighted by atomic mass is 31.2. The lowest BCUT2D eigenvalue weighted by Gasteiger charge is -2.41. The minimum atomic E-state index is -4.01. The van der Waals surface area contributed by atoms with Crippen molar-refractivity contribution in [1.29, 1.82) is 0 Å². The van der Waals surface area contributed by atoms with Crippen molar-refractivity contribution in [3.05, 3.63) is 12.2 Å². The predicted molar refractivity (Wildman–Crippen MR) is 156 cm³/mol. The van der Waals surface area contributed by atoms with Crippen LogP contribution in [0.2, 0.25) is 0 Å². The molecule has 0 aromatic rings. The van der Waals surface area contributed by atoms with Crippen LogP contribution in [0, 0.1) is 0 Å². The monoisotopic (exact) mass is 547 g/mol. The molecule has 0 aliphatic carbocycles. The first-order valence-electron chi connectivity index (χ1n) is 15.2. The molecule has 6 nitrogen and oxygen atoms in total. The lowest BCUT2D eigenvalue weighted by Crippen LogP contribution is -2.47. The van der Waals surface area contributed by atoms with Gasteiger partial charge in [0.25, 0.3) is 0 Å². The number of methoxy groups -OCH3 is 1. The fourth-order valence-electron chi connectivity index (χ4n) is 4.53. The number of hydrogen-bond acceptors (Lipinski definition) is 5. The van der Waals surface area contributed by atoms with Gasteiger partial charge in [0.15, 0.2) is 13.4 Å². The van der Waals surface area contributed by atoms with Gasteiger partial charge in [-0.25, -0.2) is 0 Å². The highest BCUT2D eigenvalue weighted by Gasteiger charge is 2.35. The van der Waals surface area contributed by atoms with Crippen molar-refractivity contribution in [2.24, 2.45) is 0 Å². The molecule has 0 rings (SSSR count). The maximum atomic E-state index is 12.7. The highest BCUT2D eigenvalue weighted by molar-refractivity contribution is 7.51. The second-order valence-electron chi connectivity index (χ2n) is 11.4. The van der Waals surface area contributed by atoms with Gasteiger partial charge in [-0.3, -0.25) is 0 Å².